The molecule has 0 bridgehead atoms. The smallest absolute Gasteiger partial charge is 0.123 e. The molecule has 0 unspecified atom stereocenters. The third kappa shape index (κ3) is 3.49. The van der Waals surface area contributed by atoms with Gasteiger partial charge < -0.3 is 4.57 Å². The van der Waals surface area contributed by atoms with E-state index in [1.54, 1.807) is 12.1 Å². The zero-order valence-corrected chi connectivity index (χ0v) is 22.7. The average Bonchev–Trinajstić information content (AvgIpc) is 3.38. The second kappa shape index (κ2) is 8.76. The molecule has 0 fully saturated rings. The molecule has 8 aromatic carbocycles. The first kappa shape index (κ1) is 23.3. The highest BCUT2D eigenvalue weighted by atomic mass is 19.1. The van der Waals surface area contributed by atoms with E-state index in [0.717, 1.165) is 27.8 Å². The Balaban J connectivity index is 1.36. The summed E-state index contributed by atoms with van der Waals surface area (Å²) in [6.07, 6.45) is 0. The third-order valence-electron chi connectivity index (χ3n) is 8.72. The van der Waals surface area contributed by atoms with Gasteiger partial charge in [-0.2, -0.15) is 0 Å². The standard InChI is InChI=1S/C40H24FN/c41-35-15-17-36(18-16-35)42-37-23-33(29-11-9-25-5-1-3-7-27(25)19-29)21-31-13-14-32-22-34(24-38(42)40(32)39(31)37)30-12-10-26-6-2-4-8-28(26)20-30/h1-24H. The molecule has 0 aliphatic carbocycles. The minimum Gasteiger partial charge on any atom is -0.309 e. The summed E-state index contributed by atoms with van der Waals surface area (Å²) in [6.45, 7) is 0. The molecule has 1 heterocycles. The Bertz CT molecular complexity index is 2310. The summed E-state index contributed by atoms with van der Waals surface area (Å²) < 4.78 is 16.4. The highest BCUT2D eigenvalue weighted by Crippen LogP contribution is 2.43. The lowest BCUT2D eigenvalue weighted by molar-refractivity contribution is 0.627. The van der Waals surface area contributed by atoms with Crippen LogP contribution in [-0.4, -0.2) is 4.57 Å². The molecular formula is C40H24FN. The maximum absolute atomic E-state index is 14.1. The maximum atomic E-state index is 14.1. The first-order chi connectivity index (χ1) is 20.7. The predicted octanol–water partition coefficient (Wildman–Crippen LogP) is 11.2. The summed E-state index contributed by atoms with van der Waals surface area (Å²) in [5.74, 6) is -0.236. The van der Waals surface area contributed by atoms with Crippen molar-refractivity contribution in [1.82, 2.24) is 4.57 Å². The van der Waals surface area contributed by atoms with Crippen molar-refractivity contribution in [3.05, 3.63) is 151 Å². The van der Waals surface area contributed by atoms with Crippen molar-refractivity contribution in [3.8, 4) is 27.9 Å². The van der Waals surface area contributed by atoms with Gasteiger partial charge in [-0.25, -0.2) is 4.39 Å². The van der Waals surface area contributed by atoms with Crippen LogP contribution in [0.4, 0.5) is 4.39 Å². The Labute approximate surface area is 242 Å². The van der Waals surface area contributed by atoms with Gasteiger partial charge in [0.25, 0.3) is 0 Å². The predicted molar refractivity (Wildman–Crippen MR) is 175 cm³/mol. The summed E-state index contributed by atoms with van der Waals surface area (Å²) in [5.41, 5.74) is 7.88. The highest BCUT2D eigenvalue weighted by molar-refractivity contribution is 6.25. The van der Waals surface area contributed by atoms with Crippen LogP contribution in [0.15, 0.2) is 146 Å². The fraction of sp³-hybridized carbons (Fsp3) is 0. The second-order valence-corrected chi connectivity index (χ2v) is 11.2. The largest absolute Gasteiger partial charge is 0.309 e. The number of rotatable bonds is 3. The van der Waals surface area contributed by atoms with Gasteiger partial charge in [-0.1, -0.05) is 84.9 Å². The lowest BCUT2D eigenvalue weighted by Crippen LogP contribution is -1.94. The van der Waals surface area contributed by atoms with Gasteiger partial charge in [-0.05, 0) is 115 Å². The molecule has 196 valence electrons. The van der Waals surface area contributed by atoms with E-state index in [4.69, 9.17) is 0 Å². The average molecular weight is 538 g/mol. The molecular weight excluding hydrogens is 513 g/mol. The summed E-state index contributed by atoms with van der Waals surface area (Å²) in [6, 6.07) is 50.8. The quantitative estimate of drug-likeness (QED) is 0.198. The molecule has 0 N–H and O–H groups in total. The van der Waals surface area contributed by atoms with Gasteiger partial charge in [0.05, 0.1) is 11.0 Å². The van der Waals surface area contributed by atoms with E-state index < -0.39 is 0 Å². The molecule has 1 nitrogen and oxygen atoms in total. The number of hydrogen-bond donors (Lipinski definition) is 0. The minimum absolute atomic E-state index is 0.236. The van der Waals surface area contributed by atoms with Crippen molar-refractivity contribution >= 4 is 54.1 Å². The van der Waals surface area contributed by atoms with Gasteiger partial charge in [0, 0.05) is 16.5 Å². The number of hydrogen-bond acceptors (Lipinski definition) is 0. The molecule has 0 saturated carbocycles. The number of halogens is 1. The van der Waals surface area contributed by atoms with Crippen LogP contribution < -0.4 is 0 Å². The van der Waals surface area contributed by atoms with Crippen LogP contribution >= 0.6 is 0 Å². The molecule has 0 aliphatic rings. The molecule has 9 aromatic rings. The Kier molecular flexibility index (Phi) is 4.85. The lowest BCUT2D eigenvalue weighted by Gasteiger charge is -2.11. The molecule has 0 spiro atoms. The van der Waals surface area contributed by atoms with Gasteiger partial charge in [0.1, 0.15) is 5.82 Å². The third-order valence-corrected chi connectivity index (χ3v) is 8.72. The molecule has 0 amide bonds. The number of aromatic nitrogens is 1. The molecule has 1 aromatic heterocycles. The van der Waals surface area contributed by atoms with E-state index >= 15 is 0 Å². The summed E-state index contributed by atoms with van der Waals surface area (Å²) in [4.78, 5) is 0. The van der Waals surface area contributed by atoms with Gasteiger partial charge in [-0.3, -0.25) is 0 Å². The van der Waals surface area contributed by atoms with Crippen LogP contribution in [0.25, 0.3) is 82.1 Å². The van der Waals surface area contributed by atoms with Crippen molar-refractivity contribution < 1.29 is 4.39 Å². The maximum Gasteiger partial charge on any atom is 0.123 e. The van der Waals surface area contributed by atoms with Crippen molar-refractivity contribution in [2.75, 3.05) is 0 Å². The monoisotopic (exact) mass is 537 g/mol. The molecule has 0 atom stereocenters. The van der Waals surface area contributed by atoms with Crippen molar-refractivity contribution in [2.24, 2.45) is 0 Å². The SMILES string of the molecule is Fc1ccc(-n2c3cc(-c4ccc5ccccc5c4)cc4ccc5cc(-c6ccc7ccccc7c6)cc2c5c43)cc1. The van der Waals surface area contributed by atoms with E-state index in [0.29, 0.717) is 0 Å². The van der Waals surface area contributed by atoms with Crippen molar-refractivity contribution in [1.29, 1.82) is 0 Å². The van der Waals surface area contributed by atoms with Gasteiger partial charge in [-0.15, -0.1) is 0 Å². The van der Waals surface area contributed by atoms with E-state index in [-0.39, 0.29) is 5.82 Å². The van der Waals surface area contributed by atoms with Crippen LogP contribution in [0, 0.1) is 5.82 Å². The van der Waals surface area contributed by atoms with Crippen LogP contribution in [0.1, 0.15) is 0 Å². The molecule has 42 heavy (non-hydrogen) atoms. The molecule has 2 heteroatoms. The Morgan fingerprint density at radius 2 is 0.786 bits per heavy atom. The number of benzene rings is 8. The zero-order chi connectivity index (χ0) is 27.8. The van der Waals surface area contributed by atoms with E-state index in [9.17, 15) is 4.39 Å². The molecule has 0 radical (unpaired) electrons. The fourth-order valence-corrected chi connectivity index (χ4v) is 6.71. The first-order valence-corrected chi connectivity index (χ1v) is 14.3. The highest BCUT2D eigenvalue weighted by Gasteiger charge is 2.19. The van der Waals surface area contributed by atoms with Crippen molar-refractivity contribution in [2.45, 2.75) is 0 Å². The number of fused-ring (bicyclic) bond motifs is 2. The first-order valence-electron chi connectivity index (χ1n) is 14.3. The topological polar surface area (TPSA) is 4.93 Å². The molecule has 0 saturated heterocycles. The van der Waals surface area contributed by atoms with E-state index in [1.165, 1.54) is 54.2 Å². The Hall–Kier alpha value is -5.47. The molecule has 9 rings (SSSR count). The lowest BCUT2D eigenvalue weighted by atomic mass is 9.94. The van der Waals surface area contributed by atoms with Crippen LogP contribution in [0.2, 0.25) is 0 Å². The van der Waals surface area contributed by atoms with Crippen molar-refractivity contribution in [3.63, 3.8) is 0 Å². The Morgan fingerprint density at radius 3 is 1.29 bits per heavy atom. The van der Waals surface area contributed by atoms with Gasteiger partial charge >= 0.3 is 0 Å². The zero-order valence-electron chi connectivity index (χ0n) is 22.7. The van der Waals surface area contributed by atoms with E-state index in [1.807, 2.05) is 12.1 Å². The Morgan fingerprint density at radius 1 is 0.357 bits per heavy atom. The molecule has 0 aliphatic heterocycles. The van der Waals surface area contributed by atoms with Crippen LogP contribution in [-0.2, 0) is 0 Å². The minimum atomic E-state index is -0.236. The normalized spacial score (nSPS) is 11.9. The summed E-state index contributed by atoms with van der Waals surface area (Å²) in [5, 5.41) is 9.79. The van der Waals surface area contributed by atoms with Gasteiger partial charge in [0.2, 0.25) is 0 Å². The second-order valence-electron chi connectivity index (χ2n) is 11.2. The number of nitrogens with zero attached hydrogens (tertiary/aromatic N) is 1. The summed E-state index contributed by atoms with van der Waals surface area (Å²) in [7, 11) is 0. The van der Waals surface area contributed by atoms with Crippen LogP contribution in [0.3, 0.4) is 0 Å². The fourth-order valence-electron chi connectivity index (χ4n) is 6.71. The van der Waals surface area contributed by atoms with Gasteiger partial charge in [0.15, 0.2) is 0 Å². The van der Waals surface area contributed by atoms with Crippen LogP contribution in [0.5, 0.6) is 0 Å². The van der Waals surface area contributed by atoms with E-state index in [2.05, 4.69) is 126 Å². The summed E-state index contributed by atoms with van der Waals surface area (Å²) >= 11 is 0.